The van der Waals surface area contributed by atoms with E-state index < -0.39 is 10.0 Å². The van der Waals surface area contributed by atoms with Gasteiger partial charge in [0, 0.05) is 45.7 Å². The summed E-state index contributed by atoms with van der Waals surface area (Å²) in [5, 5.41) is 6.66. The Morgan fingerprint density at radius 2 is 1.88 bits per heavy atom. The van der Waals surface area contributed by atoms with E-state index in [1.54, 1.807) is 18.2 Å². The van der Waals surface area contributed by atoms with Crippen molar-refractivity contribution in [3.05, 3.63) is 29.8 Å². The summed E-state index contributed by atoms with van der Waals surface area (Å²) >= 11 is 0. The molecule has 8 nitrogen and oxygen atoms in total. The number of halogens is 1. The maximum atomic E-state index is 12.7. The van der Waals surface area contributed by atoms with Gasteiger partial charge in [-0.2, -0.15) is 0 Å². The van der Waals surface area contributed by atoms with Gasteiger partial charge in [0.1, 0.15) is 0 Å². The molecule has 1 saturated carbocycles. The Kier molecular flexibility index (Phi) is 10.2. The van der Waals surface area contributed by atoms with Crippen LogP contribution < -0.4 is 10.6 Å². The standard InChI is InChI=1S/C22H35N5O3S.HI/c1-4-23-22(24-15-18-11-7-8-12-20(18)31(29,30)26(2)3)25-19-13-14-27(16-19)21(28)17-9-5-6-10-17;/h7-8,11-12,17,19H,4-6,9-10,13-16H2,1-3H3,(H2,23,24,25);1H. The number of benzene rings is 1. The van der Waals surface area contributed by atoms with Gasteiger partial charge in [-0.1, -0.05) is 31.0 Å². The Morgan fingerprint density at radius 3 is 2.53 bits per heavy atom. The van der Waals surface area contributed by atoms with Crippen LogP contribution in [-0.2, 0) is 21.4 Å². The number of guanidine groups is 1. The minimum atomic E-state index is -3.54. The molecule has 2 fully saturated rings. The fourth-order valence-corrected chi connectivity index (χ4v) is 5.38. The van der Waals surface area contributed by atoms with Crippen LogP contribution in [0.4, 0.5) is 0 Å². The van der Waals surface area contributed by atoms with Crippen LogP contribution in [0.3, 0.4) is 0 Å². The molecular formula is C22H36IN5O3S. The number of nitrogens with one attached hydrogen (secondary N) is 2. The van der Waals surface area contributed by atoms with Gasteiger partial charge < -0.3 is 15.5 Å². The highest BCUT2D eigenvalue weighted by Crippen LogP contribution is 2.28. The smallest absolute Gasteiger partial charge is 0.242 e. The molecule has 0 spiro atoms. The maximum Gasteiger partial charge on any atom is 0.242 e. The van der Waals surface area contributed by atoms with Gasteiger partial charge in [-0.25, -0.2) is 17.7 Å². The van der Waals surface area contributed by atoms with Gasteiger partial charge >= 0.3 is 0 Å². The monoisotopic (exact) mass is 577 g/mol. The first-order chi connectivity index (χ1) is 14.8. The predicted molar refractivity (Wildman–Crippen MR) is 138 cm³/mol. The molecule has 0 aromatic heterocycles. The average molecular weight is 578 g/mol. The number of rotatable bonds is 7. The molecule has 3 rings (SSSR count). The molecule has 1 aliphatic heterocycles. The van der Waals surface area contributed by atoms with E-state index in [9.17, 15) is 13.2 Å². The largest absolute Gasteiger partial charge is 0.357 e. The number of aliphatic imine (C=N–C) groups is 1. The van der Waals surface area contributed by atoms with E-state index in [0.717, 1.165) is 38.6 Å². The number of hydrogen-bond donors (Lipinski definition) is 2. The molecule has 1 atom stereocenters. The summed E-state index contributed by atoms with van der Waals surface area (Å²) in [4.78, 5) is 19.6. The molecule has 2 N–H and O–H groups in total. The zero-order chi connectivity index (χ0) is 22.4. The number of likely N-dealkylation sites (tertiary alicyclic amines) is 1. The summed E-state index contributed by atoms with van der Waals surface area (Å²) in [6, 6.07) is 7.10. The second-order valence-corrected chi connectivity index (χ2v) is 10.6. The van der Waals surface area contributed by atoms with Crippen LogP contribution in [0, 0.1) is 5.92 Å². The van der Waals surface area contributed by atoms with Gasteiger partial charge in [-0.05, 0) is 37.8 Å². The summed E-state index contributed by atoms with van der Waals surface area (Å²) in [6.45, 7) is 4.39. The van der Waals surface area contributed by atoms with E-state index in [-0.39, 0.29) is 47.4 Å². The van der Waals surface area contributed by atoms with Crippen molar-refractivity contribution >= 4 is 45.9 Å². The molecule has 180 valence electrons. The number of nitrogens with zero attached hydrogens (tertiary/aromatic N) is 3. The maximum absolute atomic E-state index is 12.7. The molecule has 32 heavy (non-hydrogen) atoms. The van der Waals surface area contributed by atoms with E-state index in [2.05, 4.69) is 15.6 Å². The lowest BCUT2D eigenvalue weighted by Crippen LogP contribution is -2.45. The summed E-state index contributed by atoms with van der Waals surface area (Å²) < 4.78 is 26.5. The molecule has 0 radical (unpaired) electrons. The second kappa shape index (κ2) is 12.2. The molecule has 10 heteroatoms. The van der Waals surface area contributed by atoms with Crippen LogP contribution in [0.15, 0.2) is 34.2 Å². The van der Waals surface area contributed by atoms with Crippen molar-refractivity contribution in [3.63, 3.8) is 0 Å². The first-order valence-corrected chi connectivity index (χ1v) is 12.6. The lowest BCUT2D eigenvalue weighted by atomic mass is 10.1. The fourth-order valence-electron chi connectivity index (χ4n) is 4.27. The SMILES string of the molecule is CCNC(=NCc1ccccc1S(=O)(=O)N(C)C)NC1CCN(C(=O)C2CCCC2)C1.I. The van der Waals surface area contributed by atoms with E-state index in [1.165, 1.54) is 18.4 Å². The zero-order valence-corrected chi connectivity index (χ0v) is 22.4. The molecule has 1 amide bonds. The van der Waals surface area contributed by atoms with Crippen LogP contribution in [0.25, 0.3) is 0 Å². The van der Waals surface area contributed by atoms with Gasteiger partial charge in [-0.15, -0.1) is 24.0 Å². The van der Waals surface area contributed by atoms with Gasteiger partial charge in [0.05, 0.1) is 11.4 Å². The summed E-state index contributed by atoms with van der Waals surface area (Å²) in [5.74, 6) is 1.14. The van der Waals surface area contributed by atoms with Crippen molar-refractivity contribution in [1.82, 2.24) is 19.8 Å². The van der Waals surface area contributed by atoms with Crippen LogP contribution in [-0.4, -0.2) is 69.3 Å². The Hall–Kier alpha value is -1.40. The Morgan fingerprint density at radius 1 is 1.19 bits per heavy atom. The molecule has 1 heterocycles. The van der Waals surface area contributed by atoms with Crippen LogP contribution >= 0.6 is 24.0 Å². The molecule has 0 bridgehead atoms. The number of hydrogen-bond acceptors (Lipinski definition) is 4. The van der Waals surface area contributed by atoms with Crippen molar-refractivity contribution in [2.24, 2.45) is 10.9 Å². The van der Waals surface area contributed by atoms with Crippen molar-refractivity contribution < 1.29 is 13.2 Å². The van der Waals surface area contributed by atoms with E-state index in [0.29, 0.717) is 30.5 Å². The second-order valence-electron chi connectivity index (χ2n) is 8.49. The first kappa shape index (κ1) is 26.8. The lowest BCUT2D eigenvalue weighted by molar-refractivity contribution is -0.134. The van der Waals surface area contributed by atoms with Crippen LogP contribution in [0.1, 0.15) is 44.6 Å². The molecule has 1 unspecified atom stereocenters. The molecular weight excluding hydrogens is 541 g/mol. The topological polar surface area (TPSA) is 94.1 Å². The normalized spacial score (nSPS) is 19.8. The number of carbonyl (C=O) groups is 1. The number of amides is 1. The minimum absolute atomic E-state index is 0. The van der Waals surface area contributed by atoms with Gasteiger partial charge in [0.2, 0.25) is 15.9 Å². The average Bonchev–Trinajstić information content (AvgIpc) is 3.44. The van der Waals surface area contributed by atoms with E-state index >= 15 is 0 Å². The van der Waals surface area contributed by atoms with E-state index in [4.69, 9.17) is 0 Å². The Balaban J connectivity index is 0.00000363. The highest BCUT2D eigenvalue weighted by atomic mass is 127. The Bertz CT molecular complexity index is 901. The third-order valence-electron chi connectivity index (χ3n) is 6.03. The molecule has 1 aliphatic carbocycles. The van der Waals surface area contributed by atoms with Gasteiger partial charge in [0.25, 0.3) is 0 Å². The molecule has 1 aromatic rings. The molecule has 1 aromatic carbocycles. The van der Waals surface area contributed by atoms with Crippen molar-refractivity contribution in [2.45, 2.75) is 56.5 Å². The fraction of sp³-hybridized carbons (Fsp3) is 0.636. The molecule has 2 aliphatic rings. The summed E-state index contributed by atoms with van der Waals surface area (Å²) in [6.07, 6.45) is 5.25. The highest BCUT2D eigenvalue weighted by Gasteiger charge is 2.32. The van der Waals surface area contributed by atoms with Crippen molar-refractivity contribution in [3.8, 4) is 0 Å². The van der Waals surface area contributed by atoms with Crippen molar-refractivity contribution in [2.75, 3.05) is 33.7 Å². The molecule has 1 saturated heterocycles. The number of carbonyl (C=O) groups excluding carboxylic acids is 1. The Labute approximate surface area is 209 Å². The summed E-state index contributed by atoms with van der Waals surface area (Å²) in [5.41, 5.74) is 0.651. The predicted octanol–water partition coefficient (Wildman–Crippen LogP) is 2.40. The van der Waals surface area contributed by atoms with E-state index in [1.807, 2.05) is 17.9 Å². The quantitative estimate of drug-likeness (QED) is 0.295. The van der Waals surface area contributed by atoms with Gasteiger partial charge in [0.15, 0.2) is 5.96 Å². The number of sulfonamides is 1. The van der Waals surface area contributed by atoms with Crippen LogP contribution in [0.5, 0.6) is 0 Å². The lowest BCUT2D eigenvalue weighted by Gasteiger charge is -2.21. The zero-order valence-electron chi connectivity index (χ0n) is 19.2. The highest BCUT2D eigenvalue weighted by molar-refractivity contribution is 14.0. The third-order valence-corrected chi connectivity index (χ3v) is 7.94. The summed E-state index contributed by atoms with van der Waals surface area (Å²) in [7, 11) is -0.481. The van der Waals surface area contributed by atoms with Crippen LogP contribution in [0.2, 0.25) is 0 Å². The third kappa shape index (κ3) is 6.57. The van der Waals surface area contributed by atoms with Crippen molar-refractivity contribution in [1.29, 1.82) is 0 Å². The minimum Gasteiger partial charge on any atom is -0.357 e. The first-order valence-electron chi connectivity index (χ1n) is 11.2. The van der Waals surface area contributed by atoms with Gasteiger partial charge in [-0.3, -0.25) is 4.79 Å².